The molecule has 1 unspecified atom stereocenters. The van der Waals surface area contributed by atoms with Crippen LogP contribution in [-0.4, -0.2) is 18.0 Å². The van der Waals surface area contributed by atoms with Crippen molar-refractivity contribution in [3.8, 4) is 0 Å². The molecule has 0 bridgehead atoms. The third kappa shape index (κ3) is 1.72. The van der Waals surface area contributed by atoms with Crippen LogP contribution in [0.15, 0.2) is 30.6 Å². The van der Waals surface area contributed by atoms with E-state index in [0.29, 0.717) is 0 Å². The van der Waals surface area contributed by atoms with Crippen LogP contribution in [0.1, 0.15) is 26.3 Å². The van der Waals surface area contributed by atoms with E-state index in [4.69, 9.17) is 8.22 Å². The van der Waals surface area contributed by atoms with Crippen molar-refractivity contribution in [1.82, 2.24) is 4.90 Å². The Labute approximate surface area is 100 Å². The number of hydrogen-bond acceptors (Lipinski definition) is 2. The number of benzene rings is 1. The second kappa shape index (κ2) is 3.61. The van der Waals surface area contributed by atoms with Crippen molar-refractivity contribution in [2.24, 2.45) is 0 Å². The maximum atomic E-state index is 7.49. The largest absolute Gasteiger partial charge is 0.359 e. The Morgan fingerprint density at radius 2 is 2.20 bits per heavy atom. The predicted molar refractivity (Wildman–Crippen MR) is 64.8 cm³/mol. The van der Waals surface area contributed by atoms with Crippen LogP contribution in [0, 0.1) is 13.8 Å². The molecule has 1 atom stereocenters. The number of nitrogens with zero attached hydrogens (tertiary/aromatic N) is 2. The number of rotatable bonds is 1. The van der Waals surface area contributed by atoms with Crippen molar-refractivity contribution in [3.05, 3.63) is 41.7 Å². The Balaban J connectivity index is 2.31. The smallest absolute Gasteiger partial charge is 0.102 e. The van der Waals surface area contributed by atoms with Crippen molar-refractivity contribution in [1.29, 1.82) is 0 Å². The first kappa shape index (κ1) is 5.06. The molecule has 0 aromatic heterocycles. The molecule has 1 aromatic carbocycles. The molecule has 80 valence electrons. The van der Waals surface area contributed by atoms with Gasteiger partial charge in [0.15, 0.2) is 0 Å². The highest BCUT2D eigenvalue weighted by Crippen LogP contribution is 2.27. The summed E-state index contributed by atoms with van der Waals surface area (Å²) in [4.78, 5) is 3.12. The molecule has 1 aliphatic rings. The van der Waals surface area contributed by atoms with Gasteiger partial charge in [0.1, 0.15) is 6.17 Å². The third-order valence-corrected chi connectivity index (χ3v) is 2.67. The van der Waals surface area contributed by atoms with E-state index in [-0.39, 0.29) is 11.7 Å². The Bertz CT molecular complexity index is 561. The van der Waals surface area contributed by atoms with E-state index in [1.807, 2.05) is 11.8 Å². The van der Waals surface area contributed by atoms with Crippen molar-refractivity contribution >= 4 is 5.69 Å². The maximum absolute atomic E-state index is 7.49. The second-order valence-corrected chi connectivity index (χ2v) is 3.75. The molecule has 0 N–H and O–H groups in total. The van der Waals surface area contributed by atoms with Crippen molar-refractivity contribution in [2.45, 2.75) is 26.9 Å². The van der Waals surface area contributed by atoms with Gasteiger partial charge in [0.25, 0.3) is 0 Å². The standard InChI is InChI=1S/C13H18N2/c1-10-5-6-13(11(2)9-10)15-8-7-14(4)12(15)3/h5-9,12H,1-4H3/i1D3,4D3. The Hall–Kier alpha value is -1.44. The van der Waals surface area contributed by atoms with Crippen LogP contribution in [0.4, 0.5) is 5.69 Å². The summed E-state index contributed by atoms with van der Waals surface area (Å²) in [5, 5.41) is 0. The summed E-state index contributed by atoms with van der Waals surface area (Å²) >= 11 is 0. The van der Waals surface area contributed by atoms with E-state index in [9.17, 15) is 0 Å². The number of aryl methyl sites for hydroxylation is 2. The first-order valence-electron chi connectivity index (χ1n) is 7.88. The average Bonchev–Trinajstić information content (AvgIpc) is 2.69. The average molecular weight is 208 g/mol. The molecule has 2 nitrogen and oxygen atoms in total. The minimum Gasteiger partial charge on any atom is -0.359 e. The molecule has 0 spiro atoms. The summed E-state index contributed by atoms with van der Waals surface area (Å²) in [6.07, 6.45) is 2.89. The van der Waals surface area contributed by atoms with Crippen molar-refractivity contribution in [3.63, 3.8) is 0 Å². The molecular formula is C13H18N2. The lowest BCUT2D eigenvalue weighted by atomic mass is 10.1. The lowest BCUT2D eigenvalue weighted by molar-refractivity contribution is 0.383. The number of anilines is 1. The van der Waals surface area contributed by atoms with Gasteiger partial charge in [-0.05, 0) is 32.3 Å². The maximum Gasteiger partial charge on any atom is 0.102 e. The predicted octanol–water partition coefficient (Wildman–Crippen LogP) is 2.87. The van der Waals surface area contributed by atoms with Gasteiger partial charge in [-0.2, -0.15) is 0 Å². The van der Waals surface area contributed by atoms with Crippen LogP contribution >= 0.6 is 0 Å². The molecule has 0 aliphatic carbocycles. The molecule has 1 aliphatic heterocycles. The summed E-state index contributed by atoms with van der Waals surface area (Å²) in [5.41, 5.74) is 1.89. The minimum atomic E-state index is -2.20. The zero-order valence-corrected chi connectivity index (χ0v) is 8.86. The van der Waals surface area contributed by atoms with Crippen LogP contribution in [0.25, 0.3) is 0 Å². The van der Waals surface area contributed by atoms with Crippen LogP contribution in [-0.2, 0) is 0 Å². The molecule has 1 heterocycles. The SMILES string of the molecule is [2H]C([2H])([2H])c1ccc(N2C=CN(C([2H])([2H])[2H])C2C)c(C)c1. The summed E-state index contributed by atoms with van der Waals surface area (Å²) in [6.45, 7) is -0.718. The molecule has 0 radical (unpaired) electrons. The van der Waals surface area contributed by atoms with Gasteiger partial charge < -0.3 is 9.80 Å². The van der Waals surface area contributed by atoms with Gasteiger partial charge in [-0.25, -0.2) is 0 Å². The molecular weight excluding hydrogens is 184 g/mol. The van der Waals surface area contributed by atoms with E-state index < -0.39 is 13.8 Å². The highest BCUT2D eigenvalue weighted by atomic mass is 15.4. The van der Waals surface area contributed by atoms with E-state index >= 15 is 0 Å². The monoisotopic (exact) mass is 208 g/mol. The summed E-state index contributed by atoms with van der Waals surface area (Å²) < 4.78 is 44.7. The van der Waals surface area contributed by atoms with Gasteiger partial charge in [0, 0.05) is 33.3 Å². The lowest BCUT2D eigenvalue weighted by Gasteiger charge is -2.28. The Kier molecular flexibility index (Phi) is 1.22. The van der Waals surface area contributed by atoms with E-state index in [1.165, 1.54) is 11.1 Å². The summed E-state index contributed by atoms with van der Waals surface area (Å²) in [7, 11) is 0. The molecule has 0 amide bonds. The fourth-order valence-electron chi connectivity index (χ4n) is 1.75. The van der Waals surface area contributed by atoms with E-state index in [2.05, 4.69) is 0 Å². The topological polar surface area (TPSA) is 6.48 Å². The summed E-state index contributed by atoms with van der Waals surface area (Å²) in [5.74, 6) is 0. The van der Waals surface area contributed by atoms with E-state index in [1.54, 1.807) is 31.3 Å². The fraction of sp³-hybridized carbons (Fsp3) is 0.385. The number of hydrogen-bond donors (Lipinski definition) is 0. The molecule has 0 saturated heterocycles. The molecule has 1 aromatic rings. The first-order valence-corrected chi connectivity index (χ1v) is 4.88. The van der Waals surface area contributed by atoms with E-state index in [0.717, 1.165) is 11.3 Å². The van der Waals surface area contributed by atoms with Crippen LogP contribution < -0.4 is 4.90 Å². The van der Waals surface area contributed by atoms with Crippen LogP contribution in [0.3, 0.4) is 0 Å². The zero-order valence-electron chi connectivity index (χ0n) is 14.9. The van der Waals surface area contributed by atoms with Crippen LogP contribution in [0.5, 0.6) is 0 Å². The normalized spacial score (nSPS) is 27.7. The molecule has 0 fully saturated rings. The second-order valence-electron chi connectivity index (χ2n) is 3.75. The first-order chi connectivity index (χ1) is 9.51. The van der Waals surface area contributed by atoms with Gasteiger partial charge >= 0.3 is 0 Å². The third-order valence-electron chi connectivity index (χ3n) is 2.67. The highest BCUT2D eigenvalue weighted by molar-refractivity contribution is 5.58. The fourth-order valence-corrected chi connectivity index (χ4v) is 1.75. The van der Waals surface area contributed by atoms with Gasteiger partial charge in [-0.3, -0.25) is 0 Å². The Morgan fingerprint density at radius 1 is 1.33 bits per heavy atom. The molecule has 15 heavy (non-hydrogen) atoms. The minimum absolute atomic E-state index is 0.284. The van der Waals surface area contributed by atoms with Gasteiger partial charge in [0.2, 0.25) is 0 Å². The molecule has 0 saturated carbocycles. The molecule has 2 heteroatoms. The van der Waals surface area contributed by atoms with Crippen molar-refractivity contribution in [2.75, 3.05) is 11.9 Å². The Morgan fingerprint density at radius 3 is 2.80 bits per heavy atom. The zero-order chi connectivity index (χ0) is 16.0. The highest BCUT2D eigenvalue weighted by Gasteiger charge is 2.20. The lowest BCUT2D eigenvalue weighted by Crippen LogP contribution is -2.33. The van der Waals surface area contributed by atoms with Crippen molar-refractivity contribution < 1.29 is 8.22 Å². The summed E-state index contributed by atoms with van der Waals surface area (Å²) in [6, 6.07) is 4.91. The van der Waals surface area contributed by atoms with Gasteiger partial charge in [0.05, 0.1) is 0 Å². The molecule has 2 rings (SSSR count). The van der Waals surface area contributed by atoms with Gasteiger partial charge in [-0.15, -0.1) is 0 Å². The quantitative estimate of drug-likeness (QED) is 0.700. The van der Waals surface area contributed by atoms with Crippen LogP contribution in [0.2, 0.25) is 0 Å². The van der Waals surface area contributed by atoms with Gasteiger partial charge in [-0.1, -0.05) is 17.7 Å².